The summed E-state index contributed by atoms with van der Waals surface area (Å²) in [4.78, 5) is 18.6. The van der Waals surface area contributed by atoms with E-state index in [9.17, 15) is 22.0 Å². The van der Waals surface area contributed by atoms with Crippen LogP contribution in [0.5, 0.6) is 5.75 Å². The highest BCUT2D eigenvalue weighted by Gasteiger charge is 2.31. The third-order valence-electron chi connectivity index (χ3n) is 5.34. The Labute approximate surface area is 193 Å². The second-order valence-corrected chi connectivity index (χ2v) is 10.2. The molecule has 11 heteroatoms. The number of halogens is 2. The Morgan fingerprint density at radius 3 is 2.79 bits per heavy atom. The minimum absolute atomic E-state index is 0.265. The number of hydrogen-bond donors (Lipinski definition) is 1. The Morgan fingerprint density at radius 2 is 2.03 bits per heavy atom. The van der Waals surface area contributed by atoms with Crippen molar-refractivity contribution < 1.29 is 26.7 Å². The van der Waals surface area contributed by atoms with E-state index in [1.165, 1.54) is 40.7 Å². The number of rotatable bonds is 7. The zero-order valence-electron chi connectivity index (χ0n) is 17.6. The fraction of sp³-hybridized carbons (Fsp3) is 0.273. The number of amides is 1. The van der Waals surface area contributed by atoms with Gasteiger partial charge in [0.05, 0.1) is 23.3 Å². The van der Waals surface area contributed by atoms with Crippen LogP contribution in [0.15, 0.2) is 52.7 Å². The zero-order valence-corrected chi connectivity index (χ0v) is 19.3. The Hall–Kier alpha value is -2.89. The number of aromatic nitrogens is 1. The number of thiazole rings is 1. The summed E-state index contributed by atoms with van der Waals surface area (Å²) in [5.74, 6) is -3.59. The molecule has 0 bridgehead atoms. The number of nitrogens with one attached hydrogen (secondary N) is 1. The molecule has 2 heterocycles. The van der Waals surface area contributed by atoms with Crippen LogP contribution >= 0.6 is 11.3 Å². The third kappa shape index (κ3) is 5.05. The van der Waals surface area contributed by atoms with E-state index in [4.69, 9.17) is 4.74 Å². The van der Waals surface area contributed by atoms with Crippen LogP contribution in [0.4, 0.5) is 13.9 Å². The van der Waals surface area contributed by atoms with E-state index in [0.29, 0.717) is 6.54 Å². The number of alkyl halides is 2. The van der Waals surface area contributed by atoms with Crippen molar-refractivity contribution in [2.45, 2.75) is 30.2 Å². The first-order valence-electron chi connectivity index (χ1n) is 10.0. The van der Waals surface area contributed by atoms with Crippen molar-refractivity contribution in [1.29, 1.82) is 0 Å². The van der Waals surface area contributed by atoms with E-state index in [-0.39, 0.29) is 10.7 Å². The lowest BCUT2D eigenvalue weighted by atomic mass is 9.99. The molecule has 0 fully saturated rings. The molecule has 0 aliphatic carbocycles. The quantitative estimate of drug-likeness (QED) is 0.536. The van der Waals surface area contributed by atoms with Crippen LogP contribution in [0.1, 0.15) is 27.2 Å². The molecular formula is C22H21F2N3O4S2. The van der Waals surface area contributed by atoms with Crippen LogP contribution in [0.25, 0.3) is 0 Å². The number of ether oxygens (including phenoxy) is 1. The number of methoxy groups -OCH3 is 1. The summed E-state index contributed by atoms with van der Waals surface area (Å²) in [7, 11) is -3.27. The normalized spacial score (nSPS) is 14.2. The summed E-state index contributed by atoms with van der Waals surface area (Å²) in [5.41, 5.74) is 2.88. The molecule has 1 aliphatic rings. The zero-order chi connectivity index (χ0) is 23.6. The van der Waals surface area contributed by atoms with Gasteiger partial charge in [0.25, 0.3) is 5.91 Å². The van der Waals surface area contributed by atoms with Gasteiger partial charge in [0.2, 0.25) is 9.84 Å². The predicted molar refractivity (Wildman–Crippen MR) is 121 cm³/mol. The van der Waals surface area contributed by atoms with Crippen molar-refractivity contribution >= 4 is 32.2 Å². The van der Waals surface area contributed by atoms with Crippen molar-refractivity contribution in [3.05, 3.63) is 70.2 Å². The maximum absolute atomic E-state index is 13.0. The first-order valence-corrected chi connectivity index (χ1v) is 12.5. The lowest BCUT2D eigenvalue weighted by Crippen LogP contribution is -2.30. The predicted octanol–water partition coefficient (Wildman–Crippen LogP) is 3.96. The molecule has 2 aromatic carbocycles. The van der Waals surface area contributed by atoms with Crippen LogP contribution in [-0.4, -0.2) is 43.6 Å². The van der Waals surface area contributed by atoms with Gasteiger partial charge in [-0.15, -0.1) is 11.3 Å². The van der Waals surface area contributed by atoms with Gasteiger partial charge in [-0.3, -0.25) is 15.0 Å². The van der Waals surface area contributed by atoms with Gasteiger partial charge in [-0.25, -0.2) is 13.4 Å². The molecule has 1 N–H and O–H groups in total. The van der Waals surface area contributed by atoms with E-state index in [1.807, 2.05) is 6.07 Å². The largest absolute Gasteiger partial charge is 0.497 e. The van der Waals surface area contributed by atoms with Gasteiger partial charge < -0.3 is 4.74 Å². The van der Waals surface area contributed by atoms with Gasteiger partial charge in [0, 0.05) is 25.0 Å². The highest BCUT2D eigenvalue weighted by Crippen LogP contribution is 2.27. The number of nitrogens with zero attached hydrogens (tertiary/aromatic N) is 2. The molecular weight excluding hydrogens is 472 g/mol. The molecule has 174 valence electrons. The molecule has 0 saturated heterocycles. The van der Waals surface area contributed by atoms with E-state index >= 15 is 0 Å². The fourth-order valence-corrected chi connectivity index (χ4v) is 5.30. The van der Waals surface area contributed by atoms with Crippen molar-refractivity contribution in [3.8, 4) is 5.75 Å². The summed E-state index contributed by atoms with van der Waals surface area (Å²) in [6, 6.07) is 10.9. The van der Waals surface area contributed by atoms with Crippen molar-refractivity contribution in [2.75, 3.05) is 19.0 Å². The van der Waals surface area contributed by atoms with Crippen LogP contribution < -0.4 is 10.1 Å². The van der Waals surface area contributed by atoms with Crippen LogP contribution in [0.3, 0.4) is 0 Å². The lowest BCUT2D eigenvalue weighted by Gasteiger charge is -2.28. The third-order valence-corrected chi connectivity index (χ3v) is 7.58. The maximum Gasteiger partial charge on any atom is 0.341 e. The van der Waals surface area contributed by atoms with Crippen molar-refractivity contribution in [3.63, 3.8) is 0 Å². The first kappa shape index (κ1) is 23.3. The highest BCUT2D eigenvalue weighted by atomic mass is 32.2. The lowest BCUT2D eigenvalue weighted by molar-refractivity contribution is 0.102. The number of carbonyl (C=O) groups is 1. The molecule has 4 rings (SSSR count). The monoisotopic (exact) mass is 493 g/mol. The molecule has 0 saturated carbocycles. The summed E-state index contributed by atoms with van der Waals surface area (Å²) in [6.07, 6.45) is 0.885. The Balaban J connectivity index is 1.43. The highest BCUT2D eigenvalue weighted by molar-refractivity contribution is 7.91. The van der Waals surface area contributed by atoms with Crippen LogP contribution in [-0.2, 0) is 29.3 Å². The minimum atomic E-state index is -4.91. The fourth-order valence-electron chi connectivity index (χ4n) is 3.68. The minimum Gasteiger partial charge on any atom is -0.497 e. The number of hydrogen-bond acceptors (Lipinski definition) is 7. The number of benzene rings is 2. The van der Waals surface area contributed by atoms with Gasteiger partial charge in [0.1, 0.15) is 5.75 Å². The topological polar surface area (TPSA) is 88.6 Å². The molecule has 1 aromatic heterocycles. The Kier molecular flexibility index (Phi) is 6.73. The van der Waals surface area contributed by atoms with E-state index < -0.39 is 26.4 Å². The maximum atomic E-state index is 13.0. The van der Waals surface area contributed by atoms with Crippen molar-refractivity contribution in [2.24, 2.45) is 0 Å². The van der Waals surface area contributed by atoms with Crippen LogP contribution in [0, 0.1) is 0 Å². The molecule has 0 atom stereocenters. The van der Waals surface area contributed by atoms with E-state index in [0.717, 1.165) is 37.0 Å². The molecule has 0 unspecified atom stereocenters. The van der Waals surface area contributed by atoms with Gasteiger partial charge in [-0.2, -0.15) is 8.78 Å². The van der Waals surface area contributed by atoms with E-state index in [2.05, 4.69) is 27.3 Å². The van der Waals surface area contributed by atoms with Gasteiger partial charge in [-0.05, 0) is 41.8 Å². The summed E-state index contributed by atoms with van der Waals surface area (Å²) >= 11 is 1.19. The smallest absolute Gasteiger partial charge is 0.341 e. The summed E-state index contributed by atoms with van der Waals surface area (Å²) < 4.78 is 55.1. The number of anilines is 1. The number of carbonyl (C=O) groups excluding carboxylic acids is 1. The molecule has 0 radical (unpaired) electrons. The van der Waals surface area contributed by atoms with Crippen LogP contribution in [0.2, 0.25) is 0 Å². The van der Waals surface area contributed by atoms with E-state index in [1.54, 1.807) is 12.5 Å². The molecule has 1 aliphatic heterocycles. The molecule has 1 amide bonds. The molecule has 7 nitrogen and oxygen atoms in total. The average molecular weight is 494 g/mol. The number of fused-ring (bicyclic) bond motifs is 1. The molecule has 0 spiro atoms. The number of sulfone groups is 1. The Morgan fingerprint density at radius 1 is 1.24 bits per heavy atom. The summed E-state index contributed by atoms with van der Waals surface area (Å²) in [6.45, 7) is 2.18. The second-order valence-electron chi connectivity index (χ2n) is 7.50. The standard InChI is InChI=1S/C22H21F2N3O4S2/c1-31-17-7-6-15-11-27(9-8-14(15)10-17)12-16-13-32-22(25-16)26-20(28)18-4-2-3-5-19(18)33(29,30)21(23)24/h2-7,10,13,21H,8-9,11-12H2,1H3,(H,25,26,28). The second kappa shape index (κ2) is 9.54. The van der Waals surface area contributed by atoms with Gasteiger partial charge >= 0.3 is 5.76 Å². The molecule has 33 heavy (non-hydrogen) atoms. The van der Waals surface area contributed by atoms with Gasteiger partial charge in [-0.1, -0.05) is 18.2 Å². The van der Waals surface area contributed by atoms with Crippen molar-refractivity contribution in [1.82, 2.24) is 9.88 Å². The summed E-state index contributed by atoms with van der Waals surface area (Å²) in [5, 5.41) is 4.59. The average Bonchev–Trinajstić information content (AvgIpc) is 3.25. The SMILES string of the molecule is COc1ccc2c(c1)CCN(Cc1csc(NC(=O)c3ccccc3S(=O)(=O)C(F)F)n1)C2. The molecule has 3 aromatic rings. The Bertz CT molecular complexity index is 1280. The first-order chi connectivity index (χ1) is 15.8. The van der Waals surface area contributed by atoms with Gasteiger partial charge in [0.15, 0.2) is 5.13 Å².